The molecule has 1 rings (SSSR count). The molecule has 0 radical (unpaired) electrons. The normalized spacial score (nSPS) is 36.0. The van der Waals surface area contributed by atoms with Crippen LogP contribution in [0.15, 0.2) is 12.7 Å². The van der Waals surface area contributed by atoms with Gasteiger partial charge in [0.2, 0.25) is 0 Å². The lowest BCUT2D eigenvalue weighted by molar-refractivity contribution is -0.293. The Hall–Kier alpha value is -0.900. The molecule has 0 aromatic carbocycles. The van der Waals surface area contributed by atoms with Crippen LogP contribution in [-0.4, -0.2) is 58.6 Å². The van der Waals surface area contributed by atoms with Crippen molar-refractivity contribution in [1.82, 2.24) is 0 Å². The molecule has 0 bridgehead atoms. The lowest BCUT2D eigenvalue weighted by atomic mass is 9.98. The first-order valence-corrected chi connectivity index (χ1v) is 5.65. The molecular weight excluding hydrogens is 236 g/mol. The number of hydrogen-bond acceptors (Lipinski definition) is 5. The van der Waals surface area contributed by atoms with Gasteiger partial charge in [-0.1, -0.05) is 12.0 Å². The van der Waals surface area contributed by atoms with Crippen LogP contribution in [0.1, 0.15) is 0 Å². The van der Waals surface area contributed by atoms with Crippen molar-refractivity contribution in [3.8, 4) is 12.3 Å². The van der Waals surface area contributed by atoms with Crippen molar-refractivity contribution in [1.29, 1.82) is 0 Å². The first-order valence-electron chi connectivity index (χ1n) is 5.65. The molecule has 0 spiro atoms. The SMILES string of the molecule is C#C[C@@H]1O[C@@H](OC)[C@H](OC)[C@H](OCC=C)[C@H]1OC. The molecule has 0 unspecified atom stereocenters. The van der Waals surface area contributed by atoms with Crippen molar-refractivity contribution in [2.24, 2.45) is 0 Å². The summed E-state index contributed by atoms with van der Waals surface area (Å²) >= 11 is 0. The summed E-state index contributed by atoms with van der Waals surface area (Å²) in [6.45, 7) is 3.99. The van der Waals surface area contributed by atoms with Crippen molar-refractivity contribution in [3.63, 3.8) is 0 Å². The average molecular weight is 256 g/mol. The monoisotopic (exact) mass is 256 g/mol. The van der Waals surface area contributed by atoms with E-state index in [1.165, 1.54) is 7.11 Å². The molecule has 5 atom stereocenters. The number of methoxy groups -OCH3 is 3. The fourth-order valence-electron chi connectivity index (χ4n) is 2.01. The number of hydrogen-bond donors (Lipinski definition) is 0. The van der Waals surface area contributed by atoms with E-state index in [2.05, 4.69) is 12.5 Å². The number of rotatable bonds is 6. The quantitative estimate of drug-likeness (QED) is 0.514. The zero-order valence-electron chi connectivity index (χ0n) is 11.0. The van der Waals surface area contributed by atoms with E-state index in [4.69, 9.17) is 30.1 Å². The Morgan fingerprint density at radius 1 is 1.17 bits per heavy atom. The molecule has 5 nitrogen and oxygen atoms in total. The Kier molecular flexibility index (Phi) is 6.33. The van der Waals surface area contributed by atoms with Crippen LogP contribution in [0.3, 0.4) is 0 Å². The molecule has 0 aromatic rings. The Bertz CT molecular complexity index is 298. The minimum absolute atomic E-state index is 0.373. The minimum atomic E-state index is -0.586. The summed E-state index contributed by atoms with van der Waals surface area (Å²) in [5.41, 5.74) is 0. The molecule has 18 heavy (non-hydrogen) atoms. The molecule has 1 saturated heterocycles. The standard InChI is InChI=1S/C13H20O5/c1-6-8-17-11-10(14-3)9(7-2)18-13(16-5)12(11)15-4/h2,6,9-13H,1,8H2,3-5H3/t9-,10-,11+,12+,13+/m0/s1. The van der Waals surface area contributed by atoms with Crippen LogP contribution in [0.25, 0.3) is 0 Å². The van der Waals surface area contributed by atoms with Crippen LogP contribution in [0, 0.1) is 12.3 Å². The highest BCUT2D eigenvalue weighted by Gasteiger charge is 2.47. The molecule has 1 heterocycles. The van der Waals surface area contributed by atoms with Crippen LogP contribution in [0.4, 0.5) is 0 Å². The van der Waals surface area contributed by atoms with Crippen molar-refractivity contribution >= 4 is 0 Å². The van der Waals surface area contributed by atoms with Gasteiger partial charge in [0.1, 0.15) is 24.4 Å². The zero-order chi connectivity index (χ0) is 13.5. The summed E-state index contributed by atoms with van der Waals surface area (Å²) in [5.74, 6) is 2.53. The third-order valence-electron chi connectivity index (χ3n) is 2.84. The fourth-order valence-corrected chi connectivity index (χ4v) is 2.01. The van der Waals surface area contributed by atoms with Gasteiger partial charge in [0.05, 0.1) is 6.61 Å². The summed E-state index contributed by atoms with van der Waals surface area (Å²) in [6, 6.07) is 0. The van der Waals surface area contributed by atoms with Crippen LogP contribution < -0.4 is 0 Å². The summed E-state index contributed by atoms with van der Waals surface area (Å²) in [6.07, 6.45) is 4.76. The van der Waals surface area contributed by atoms with Crippen LogP contribution in [-0.2, 0) is 23.7 Å². The lowest BCUT2D eigenvalue weighted by Gasteiger charge is -2.42. The van der Waals surface area contributed by atoms with E-state index in [9.17, 15) is 0 Å². The maximum absolute atomic E-state index is 5.68. The minimum Gasteiger partial charge on any atom is -0.375 e. The van der Waals surface area contributed by atoms with E-state index < -0.39 is 24.6 Å². The summed E-state index contributed by atoms with van der Waals surface area (Å²) in [4.78, 5) is 0. The number of ether oxygens (including phenoxy) is 5. The molecule has 102 valence electrons. The first-order chi connectivity index (χ1) is 8.73. The first kappa shape index (κ1) is 15.2. The molecule has 1 aliphatic rings. The molecule has 0 aliphatic carbocycles. The van der Waals surface area contributed by atoms with E-state index in [1.807, 2.05) is 0 Å². The van der Waals surface area contributed by atoms with E-state index in [0.717, 1.165) is 0 Å². The topological polar surface area (TPSA) is 46.2 Å². The molecule has 1 aliphatic heterocycles. The van der Waals surface area contributed by atoms with Gasteiger partial charge in [-0.15, -0.1) is 13.0 Å². The van der Waals surface area contributed by atoms with E-state index in [1.54, 1.807) is 20.3 Å². The highest BCUT2D eigenvalue weighted by atomic mass is 16.7. The third-order valence-corrected chi connectivity index (χ3v) is 2.84. The molecule has 5 heteroatoms. The molecular formula is C13H20O5. The average Bonchev–Trinajstić information content (AvgIpc) is 2.42. The van der Waals surface area contributed by atoms with E-state index in [-0.39, 0.29) is 6.10 Å². The van der Waals surface area contributed by atoms with Gasteiger partial charge in [0, 0.05) is 21.3 Å². The van der Waals surface area contributed by atoms with Gasteiger partial charge in [-0.05, 0) is 0 Å². The largest absolute Gasteiger partial charge is 0.375 e. The maximum Gasteiger partial charge on any atom is 0.187 e. The fraction of sp³-hybridized carbons (Fsp3) is 0.692. The van der Waals surface area contributed by atoms with Crippen LogP contribution in [0.5, 0.6) is 0 Å². The Labute approximate surface area is 108 Å². The van der Waals surface area contributed by atoms with E-state index >= 15 is 0 Å². The maximum atomic E-state index is 5.68. The van der Waals surface area contributed by atoms with Crippen molar-refractivity contribution in [2.75, 3.05) is 27.9 Å². The smallest absolute Gasteiger partial charge is 0.187 e. The second-order valence-corrected chi connectivity index (χ2v) is 3.81. The van der Waals surface area contributed by atoms with Gasteiger partial charge >= 0.3 is 0 Å². The second-order valence-electron chi connectivity index (χ2n) is 3.81. The zero-order valence-corrected chi connectivity index (χ0v) is 11.0. The predicted molar refractivity (Wildman–Crippen MR) is 66.0 cm³/mol. The van der Waals surface area contributed by atoms with Gasteiger partial charge in [-0.3, -0.25) is 0 Å². The van der Waals surface area contributed by atoms with Crippen LogP contribution >= 0.6 is 0 Å². The van der Waals surface area contributed by atoms with Gasteiger partial charge < -0.3 is 23.7 Å². The van der Waals surface area contributed by atoms with Gasteiger partial charge in [-0.25, -0.2) is 0 Å². The molecule has 1 fully saturated rings. The molecule has 0 saturated carbocycles. The lowest BCUT2D eigenvalue weighted by Crippen LogP contribution is -2.59. The highest BCUT2D eigenvalue weighted by molar-refractivity contribution is 5.06. The summed E-state index contributed by atoms with van der Waals surface area (Å²) < 4.78 is 27.2. The Balaban J connectivity index is 2.91. The van der Waals surface area contributed by atoms with Gasteiger partial charge in [-0.2, -0.15) is 0 Å². The predicted octanol–water partition coefficient (Wildman–Crippen LogP) is 0.592. The van der Waals surface area contributed by atoms with Gasteiger partial charge in [0.15, 0.2) is 6.29 Å². The van der Waals surface area contributed by atoms with Gasteiger partial charge in [0.25, 0.3) is 0 Å². The van der Waals surface area contributed by atoms with Crippen molar-refractivity contribution in [2.45, 2.75) is 30.7 Å². The Morgan fingerprint density at radius 2 is 1.83 bits per heavy atom. The molecule has 0 amide bonds. The molecule has 0 N–H and O–H groups in total. The highest BCUT2D eigenvalue weighted by Crippen LogP contribution is 2.27. The summed E-state index contributed by atoms with van der Waals surface area (Å²) in [5, 5.41) is 0. The summed E-state index contributed by atoms with van der Waals surface area (Å²) in [7, 11) is 4.65. The van der Waals surface area contributed by atoms with Crippen molar-refractivity contribution in [3.05, 3.63) is 12.7 Å². The van der Waals surface area contributed by atoms with E-state index in [0.29, 0.717) is 6.61 Å². The molecule has 0 aromatic heterocycles. The second kappa shape index (κ2) is 7.52. The Morgan fingerprint density at radius 3 is 2.28 bits per heavy atom. The number of terminal acetylenes is 1. The van der Waals surface area contributed by atoms with Crippen LogP contribution in [0.2, 0.25) is 0 Å². The van der Waals surface area contributed by atoms with Crippen molar-refractivity contribution < 1.29 is 23.7 Å². The third kappa shape index (κ3) is 3.10.